The number of nitrogens with two attached hydrogens (primary N) is 1. The van der Waals surface area contributed by atoms with Gasteiger partial charge in [0.15, 0.2) is 4.34 Å². The molecule has 1 saturated carbocycles. The van der Waals surface area contributed by atoms with Crippen LogP contribution in [0.15, 0.2) is 34.7 Å². The van der Waals surface area contributed by atoms with Gasteiger partial charge in [-0.25, -0.2) is 0 Å². The van der Waals surface area contributed by atoms with E-state index in [1.807, 2.05) is 30.3 Å². The molecule has 1 aromatic heterocycles. The molecule has 5 nitrogen and oxygen atoms in total. The minimum absolute atomic E-state index is 0.0388. The average Bonchev–Trinajstić information content (AvgIpc) is 3.17. The summed E-state index contributed by atoms with van der Waals surface area (Å²) in [7, 11) is 0. The van der Waals surface area contributed by atoms with E-state index in [9.17, 15) is 4.79 Å². The van der Waals surface area contributed by atoms with Crippen molar-refractivity contribution >= 4 is 34.1 Å². The summed E-state index contributed by atoms with van der Waals surface area (Å²) in [6.45, 7) is 0. The standard InChI is InChI=1S/C15H18N4OS2/c16-14-18-19-15(22-14)21-12(10-6-2-1-3-7-10)13(20)17-11-8-4-5-9-11/h1-3,6-7,11-12H,4-5,8-9H2,(H2,16,18)(H,17,20)/t12-/m0/s1. The summed E-state index contributed by atoms with van der Waals surface area (Å²) in [5, 5.41) is 11.1. The average molecular weight is 334 g/mol. The van der Waals surface area contributed by atoms with Crippen LogP contribution in [0.2, 0.25) is 0 Å². The maximum atomic E-state index is 12.7. The molecule has 7 heteroatoms. The fraction of sp³-hybridized carbons (Fsp3) is 0.400. The lowest BCUT2D eigenvalue weighted by atomic mass is 10.1. The van der Waals surface area contributed by atoms with E-state index in [0.29, 0.717) is 15.5 Å². The van der Waals surface area contributed by atoms with Gasteiger partial charge < -0.3 is 11.1 Å². The Balaban J connectivity index is 1.77. The Hall–Kier alpha value is -1.60. The zero-order valence-electron chi connectivity index (χ0n) is 12.1. The van der Waals surface area contributed by atoms with Crippen LogP contribution in [0.5, 0.6) is 0 Å². The van der Waals surface area contributed by atoms with E-state index in [1.54, 1.807) is 0 Å². The highest BCUT2D eigenvalue weighted by atomic mass is 32.2. The molecule has 1 heterocycles. The second kappa shape index (κ2) is 7.11. The number of benzene rings is 1. The first kappa shape index (κ1) is 15.3. The number of carbonyl (C=O) groups excluding carboxylic acids is 1. The lowest BCUT2D eigenvalue weighted by molar-refractivity contribution is -0.121. The largest absolute Gasteiger partial charge is 0.374 e. The predicted octanol–water partition coefficient (Wildman–Crippen LogP) is 3.01. The van der Waals surface area contributed by atoms with Crippen molar-refractivity contribution < 1.29 is 4.79 Å². The Morgan fingerprint density at radius 1 is 1.27 bits per heavy atom. The minimum atomic E-state index is -0.325. The third-order valence-corrected chi connectivity index (χ3v) is 5.77. The Kier molecular flexibility index (Phi) is 4.94. The van der Waals surface area contributed by atoms with Crippen molar-refractivity contribution in [3.8, 4) is 0 Å². The van der Waals surface area contributed by atoms with Gasteiger partial charge in [0, 0.05) is 6.04 Å². The normalized spacial score (nSPS) is 16.5. The smallest absolute Gasteiger partial charge is 0.238 e. The third-order valence-electron chi connectivity index (χ3n) is 3.68. The number of anilines is 1. The summed E-state index contributed by atoms with van der Waals surface area (Å²) < 4.78 is 0.716. The molecule has 0 radical (unpaired) electrons. The quantitative estimate of drug-likeness (QED) is 0.822. The number of hydrogen-bond donors (Lipinski definition) is 2. The molecular weight excluding hydrogens is 316 g/mol. The molecule has 3 rings (SSSR count). The highest BCUT2D eigenvalue weighted by Crippen LogP contribution is 2.37. The SMILES string of the molecule is Nc1nnc(S[C@H](C(=O)NC2CCCC2)c2ccccc2)s1. The van der Waals surface area contributed by atoms with Crippen molar-refractivity contribution in [3.05, 3.63) is 35.9 Å². The van der Waals surface area contributed by atoms with E-state index < -0.39 is 0 Å². The Labute approximate surface area is 137 Å². The molecule has 0 aliphatic heterocycles. The first-order valence-corrected chi connectivity index (χ1v) is 9.03. The van der Waals surface area contributed by atoms with Gasteiger partial charge in [0.1, 0.15) is 5.25 Å². The van der Waals surface area contributed by atoms with E-state index in [4.69, 9.17) is 5.73 Å². The van der Waals surface area contributed by atoms with Crippen molar-refractivity contribution in [2.45, 2.75) is 41.3 Å². The van der Waals surface area contributed by atoms with Crippen molar-refractivity contribution in [3.63, 3.8) is 0 Å². The number of aromatic nitrogens is 2. The number of nitrogens with zero attached hydrogens (tertiary/aromatic N) is 2. The fourth-order valence-corrected chi connectivity index (χ4v) is 4.45. The van der Waals surface area contributed by atoms with Crippen LogP contribution < -0.4 is 11.1 Å². The van der Waals surface area contributed by atoms with Crippen molar-refractivity contribution in [1.29, 1.82) is 0 Å². The molecule has 22 heavy (non-hydrogen) atoms. The Morgan fingerprint density at radius 2 is 2.00 bits per heavy atom. The Morgan fingerprint density at radius 3 is 2.64 bits per heavy atom. The zero-order valence-corrected chi connectivity index (χ0v) is 13.7. The van der Waals surface area contributed by atoms with Crippen molar-refractivity contribution in [1.82, 2.24) is 15.5 Å². The molecule has 1 aliphatic rings. The first-order valence-electron chi connectivity index (χ1n) is 7.33. The lowest BCUT2D eigenvalue weighted by Crippen LogP contribution is -2.35. The van der Waals surface area contributed by atoms with Crippen LogP contribution in [0.25, 0.3) is 0 Å². The number of hydrogen-bond acceptors (Lipinski definition) is 6. The van der Waals surface area contributed by atoms with Gasteiger partial charge in [0.25, 0.3) is 0 Å². The van der Waals surface area contributed by atoms with Crippen molar-refractivity contribution in [2.24, 2.45) is 0 Å². The van der Waals surface area contributed by atoms with Gasteiger partial charge >= 0.3 is 0 Å². The molecule has 1 aromatic carbocycles. The maximum absolute atomic E-state index is 12.7. The minimum Gasteiger partial charge on any atom is -0.374 e. The van der Waals surface area contributed by atoms with Gasteiger partial charge in [-0.3, -0.25) is 4.79 Å². The molecule has 1 fully saturated rings. The van der Waals surface area contributed by atoms with E-state index >= 15 is 0 Å². The third kappa shape index (κ3) is 3.78. The van der Waals surface area contributed by atoms with E-state index in [-0.39, 0.29) is 11.2 Å². The zero-order chi connectivity index (χ0) is 15.4. The van der Waals surface area contributed by atoms with Crippen LogP contribution in [0.1, 0.15) is 36.5 Å². The Bertz CT molecular complexity index is 625. The van der Waals surface area contributed by atoms with Crippen LogP contribution >= 0.6 is 23.1 Å². The lowest BCUT2D eigenvalue weighted by Gasteiger charge is -2.18. The molecule has 0 bridgehead atoms. The highest BCUT2D eigenvalue weighted by molar-refractivity contribution is 8.01. The van der Waals surface area contributed by atoms with Crippen LogP contribution in [0.4, 0.5) is 5.13 Å². The number of thioether (sulfide) groups is 1. The number of carbonyl (C=O) groups is 1. The van der Waals surface area contributed by atoms with Crippen LogP contribution in [0.3, 0.4) is 0 Å². The molecule has 3 N–H and O–H groups in total. The molecule has 1 amide bonds. The van der Waals surface area contributed by atoms with Gasteiger partial charge in [-0.1, -0.05) is 66.3 Å². The van der Waals surface area contributed by atoms with E-state index in [2.05, 4.69) is 15.5 Å². The summed E-state index contributed by atoms with van der Waals surface area (Å²) in [5.41, 5.74) is 6.60. The monoisotopic (exact) mass is 334 g/mol. The van der Waals surface area contributed by atoms with Gasteiger partial charge in [-0.05, 0) is 18.4 Å². The predicted molar refractivity (Wildman–Crippen MR) is 89.8 cm³/mol. The number of rotatable bonds is 5. The number of nitrogens with one attached hydrogen (secondary N) is 1. The van der Waals surface area contributed by atoms with Gasteiger partial charge in [-0.15, -0.1) is 10.2 Å². The van der Waals surface area contributed by atoms with E-state index in [1.165, 1.54) is 35.9 Å². The number of nitrogen functional groups attached to an aromatic ring is 1. The fourth-order valence-electron chi connectivity index (χ4n) is 2.62. The topological polar surface area (TPSA) is 80.9 Å². The second-order valence-electron chi connectivity index (χ2n) is 5.30. The van der Waals surface area contributed by atoms with Crippen LogP contribution in [0, 0.1) is 0 Å². The molecule has 0 unspecified atom stereocenters. The van der Waals surface area contributed by atoms with Gasteiger partial charge in [0.2, 0.25) is 11.0 Å². The maximum Gasteiger partial charge on any atom is 0.238 e. The number of amides is 1. The van der Waals surface area contributed by atoms with Crippen molar-refractivity contribution in [2.75, 3.05) is 5.73 Å². The highest BCUT2D eigenvalue weighted by Gasteiger charge is 2.26. The first-order chi connectivity index (χ1) is 10.7. The molecule has 1 aliphatic carbocycles. The summed E-state index contributed by atoms with van der Waals surface area (Å²) in [5.74, 6) is 0.0388. The molecule has 116 valence electrons. The second-order valence-corrected chi connectivity index (χ2v) is 7.67. The van der Waals surface area contributed by atoms with Crippen LogP contribution in [-0.4, -0.2) is 22.1 Å². The summed E-state index contributed by atoms with van der Waals surface area (Å²) in [6, 6.07) is 10.1. The van der Waals surface area contributed by atoms with Gasteiger partial charge in [0.05, 0.1) is 0 Å². The summed E-state index contributed by atoms with van der Waals surface area (Å²) in [6.07, 6.45) is 4.54. The molecule has 0 spiro atoms. The molecular formula is C15H18N4OS2. The summed E-state index contributed by atoms with van der Waals surface area (Å²) >= 11 is 2.72. The van der Waals surface area contributed by atoms with Gasteiger partial charge in [-0.2, -0.15) is 0 Å². The molecule has 0 saturated heterocycles. The van der Waals surface area contributed by atoms with E-state index in [0.717, 1.165) is 18.4 Å². The van der Waals surface area contributed by atoms with Crippen LogP contribution in [-0.2, 0) is 4.79 Å². The summed E-state index contributed by atoms with van der Waals surface area (Å²) in [4.78, 5) is 12.7. The molecule has 1 atom stereocenters. The molecule has 2 aromatic rings.